The molecule has 0 aromatic carbocycles. The Morgan fingerprint density at radius 2 is 2.31 bits per heavy atom. The summed E-state index contributed by atoms with van der Waals surface area (Å²) in [6, 6.07) is 0.595. The van der Waals surface area contributed by atoms with Gasteiger partial charge in [-0.2, -0.15) is 0 Å². The number of nitrogens with one attached hydrogen (secondary N) is 1. The van der Waals surface area contributed by atoms with Crippen LogP contribution in [0.25, 0.3) is 0 Å². The molecule has 16 heavy (non-hydrogen) atoms. The van der Waals surface area contributed by atoms with Crippen LogP contribution in [0.2, 0.25) is 0 Å². The first-order valence-electron chi connectivity index (χ1n) is 6.77. The molecular weight excluding hydrogens is 200 g/mol. The molecule has 3 N–H and O–H groups in total. The van der Waals surface area contributed by atoms with Crippen molar-refractivity contribution >= 4 is 0 Å². The lowest BCUT2D eigenvalue weighted by Gasteiger charge is -2.41. The number of hydrogen-bond acceptors (Lipinski definition) is 3. The van der Waals surface area contributed by atoms with Gasteiger partial charge in [-0.1, -0.05) is 6.42 Å². The minimum absolute atomic E-state index is 0.485. The Morgan fingerprint density at radius 1 is 1.50 bits per heavy atom. The average Bonchev–Trinajstić information content (AvgIpc) is 2.75. The maximum Gasteiger partial charge on any atom is 0.0509 e. The Hall–Kier alpha value is -0.120. The molecule has 0 radical (unpaired) electrons. The zero-order valence-corrected chi connectivity index (χ0v) is 10.5. The van der Waals surface area contributed by atoms with Crippen LogP contribution in [-0.2, 0) is 4.74 Å². The van der Waals surface area contributed by atoms with E-state index in [1.807, 2.05) is 0 Å². The first kappa shape index (κ1) is 12.3. The van der Waals surface area contributed by atoms with Crippen molar-refractivity contribution in [1.82, 2.24) is 5.32 Å². The van der Waals surface area contributed by atoms with Crippen molar-refractivity contribution in [3.8, 4) is 0 Å². The summed E-state index contributed by atoms with van der Waals surface area (Å²) in [5.41, 5.74) is 6.35. The molecule has 1 aliphatic heterocycles. The summed E-state index contributed by atoms with van der Waals surface area (Å²) < 4.78 is 5.42. The Labute approximate surface area is 99.1 Å². The topological polar surface area (TPSA) is 47.3 Å². The normalized spacial score (nSPS) is 30.0. The van der Waals surface area contributed by atoms with Crippen LogP contribution in [0, 0.1) is 11.3 Å². The molecule has 1 saturated heterocycles. The third kappa shape index (κ3) is 2.76. The quantitative estimate of drug-likeness (QED) is 0.722. The maximum absolute atomic E-state index is 5.86. The van der Waals surface area contributed by atoms with Crippen molar-refractivity contribution in [1.29, 1.82) is 0 Å². The van der Waals surface area contributed by atoms with E-state index in [4.69, 9.17) is 10.5 Å². The van der Waals surface area contributed by atoms with Crippen LogP contribution in [0.5, 0.6) is 0 Å². The van der Waals surface area contributed by atoms with Crippen LogP contribution in [0.4, 0.5) is 0 Å². The van der Waals surface area contributed by atoms with Gasteiger partial charge in [-0.15, -0.1) is 0 Å². The van der Waals surface area contributed by atoms with E-state index in [1.165, 1.54) is 32.1 Å². The van der Waals surface area contributed by atoms with Gasteiger partial charge in [0.25, 0.3) is 0 Å². The summed E-state index contributed by atoms with van der Waals surface area (Å²) in [5.74, 6) is 0.718. The van der Waals surface area contributed by atoms with Crippen LogP contribution in [0.3, 0.4) is 0 Å². The van der Waals surface area contributed by atoms with Gasteiger partial charge in [0, 0.05) is 12.6 Å². The van der Waals surface area contributed by atoms with Gasteiger partial charge in [-0.3, -0.25) is 0 Å². The van der Waals surface area contributed by atoms with Gasteiger partial charge in [-0.05, 0) is 57.0 Å². The van der Waals surface area contributed by atoms with Crippen molar-refractivity contribution in [2.75, 3.05) is 26.3 Å². The van der Waals surface area contributed by atoms with Crippen LogP contribution >= 0.6 is 0 Å². The Kier molecular flexibility index (Phi) is 4.22. The second kappa shape index (κ2) is 5.48. The number of ether oxygens (including phenoxy) is 1. The molecule has 2 rings (SSSR count). The lowest BCUT2D eigenvalue weighted by Crippen LogP contribution is -2.42. The largest absolute Gasteiger partial charge is 0.381 e. The van der Waals surface area contributed by atoms with Gasteiger partial charge in [0.05, 0.1) is 6.61 Å². The maximum atomic E-state index is 5.86. The van der Waals surface area contributed by atoms with Crippen LogP contribution in [0.15, 0.2) is 0 Å². The number of rotatable bonds is 6. The molecule has 0 spiro atoms. The molecule has 0 aromatic heterocycles. The monoisotopic (exact) mass is 226 g/mol. The molecule has 2 atom stereocenters. The number of hydrogen-bond donors (Lipinski definition) is 2. The molecule has 94 valence electrons. The van der Waals surface area contributed by atoms with Crippen molar-refractivity contribution in [3.05, 3.63) is 0 Å². The highest BCUT2D eigenvalue weighted by atomic mass is 16.5. The van der Waals surface area contributed by atoms with E-state index in [2.05, 4.69) is 12.2 Å². The predicted molar refractivity (Wildman–Crippen MR) is 66.3 cm³/mol. The summed E-state index contributed by atoms with van der Waals surface area (Å²) in [5, 5.41) is 3.65. The second-order valence-corrected chi connectivity index (χ2v) is 5.67. The highest BCUT2D eigenvalue weighted by Crippen LogP contribution is 2.42. The molecule has 0 aromatic rings. The zero-order chi connectivity index (χ0) is 11.4. The van der Waals surface area contributed by atoms with Crippen LogP contribution in [-0.4, -0.2) is 32.3 Å². The molecule has 2 fully saturated rings. The molecule has 2 unspecified atom stereocenters. The summed E-state index contributed by atoms with van der Waals surface area (Å²) in [6.07, 6.45) is 6.53. The van der Waals surface area contributed by atoms with E-state index in [0.29, 0.717) is 11.5 Å². The van der Waals surface area contributed by atoms with Gasteiger partial charge < -0.3 is 15.8 Å². The molecule has 2 aliphatic rings. The van der Waals surface area contributed by atoms with E-state index in [9.17, 15) is 0 Å². The zero-order valence-electron chi connectivity index (χ0n) is 10.5. The highest BCUT2D eigenvalue weighted by molar-refractivity contribution is 4.89. The summed E-state index contributed by atoms with van der Waals surface area (Å²) in [7, 11) is 0. The summed E-state index contributed by atoms with van der Waals surface area (Å²) in [6.45, 7) is 6.17. The van der Waals surface area contributed by atoms with Gasteiger partial charge >= 0.3 is 0 Å². The lowest BCUT2D eigenvalue weighted by atomic mass is 9.67. The van der Waals surface area contributed by atoms with E-state index in [1.54, 1.807) is 0 Å². The molecule has 3 heteroatoms. The van der Waals surface area contributed by atoms with E-state index < -0.39 is 0 Å². The van der Waals surface area contributed by atoms with Gasteiger partial charge in [0.2, 0.25) is 0 Å². The fraction of sp³-hybridized carbons (Fsp3) is 1.00. The summed E-state index contributed by atoms with van der Waals surface area (Å²) >= 11 is 0. The first-order valence-corrected chi connectivity index (χ1v) is 6.77. The molecule has 1 aliphatic carbocycles. The fourth-order valence-corrected chi connectivity index (χ4v) is 2.91. The Morgan fingerprint density at radius 3 is 2.81 bits per heavy atom. The third-order valence-corrected chi connectivity index (χ3v) is 4.64. The molecule has 3 nitrogen and oxygen atoms in total. The van der Waals surface area contributed by atoms with E-state index in [-0.39, 0.29) is 0 Å². The molecule has 1 heterocycles. The van der Waals surface area contributed by atoms with Gasteiger partial charge in [0.1, 0.15) is 0 Å². The molecule has 0 bridgehead atoms. The van der Waals surface area contributed by atoms with Crippen LogP contribution in [0.1, 0.15) is 39.0 Å². The standard InChI is InChI=1S/C13H26N2O/c1-11(12-3-8-16-9-12)15-7-6-13(10-14)4-2-5-13/h11-12,15H,2-10,14H2,1H3. The fourth-order valence-electron chi connectivity index (χ4n) is 2.91. The average molecular weight is 226 g/mol. The van der Waals surface area contributed by atoms with Crippen LogP contribution < -0.4 is 11.1 Å². The van der Waals surface area contributed by atoms with E-state index in [0.717, 1.165) is 32.2 Å². The third-order valence-electron chi connectivity index (χ3n) is 4.64. The SMILES string of the molecule is CC(NCCC1(CN)CCC1)C1CCOC1. The number of nitrogens with two attached hydrogens (primary N) is 1. The minimum Gasteiger partial charge on any atom is -0.381 e. The summed E-state index contributed by atoms with van der Waals surface area (Å²) in [4.78, 5) is 0. The Bertz CT molecular complexity index is 204. The van der Waals surface area contributed by atoms with Crippen molar-refractivity contribution in [2.24, 2.45) is 17.1 Å². The van der Waals surface area contributed by atoms with Gasteiger partial charge in [0.15, 0.2) is 0 Å². The smallest absolute Gasteiger partial charge is 0.0509 e. The first-order chi connectivity index (χ1) is 7.76. The van der Waals surface area contributed by atoms with Gasteiger partial charge in [-0.25, -0.2) is 0 Å². The minimum atomic E-state index is 0.485. The molecular formula is C13H26N2O. The second-order valence-electron chi connectivity index (χ2n) is 5.67. The highest BCUT2D eigenvalue weighted by Gasteiger charge is 2.35. The van der Waals surface area contributed by atoms with Crippen molar-refractivity contribution < 1.29 is 4.74 Å². The molecule has 1 saturated carbocycles. The molecule has 0 amide bonds. The van der Waals surface area contributed by atoms with Crippen molar-refractivity contribution in [3.63, 3.8) is 0 Å². The predicted octanol–water partition coefficient (Wildman–Crippen LogP) is 1.52. The Balaban J connectivity index is 1.63. The van der Waals surface area contributed by atoms with E-state index >= 15 is 0 Å². The van der Waals surface area contributed by atoms with Crippen molar-refractivity contribution in [2.45, 2.75) is 45.1 Å². The lowest BCUT2D eigenvalue weighted by molar-refractivity contribution is 0.126.